The number of hydrogen-bond acceptors (Lipinski definition) is 1. The summed E-state index contributed by atoms with van der Waals surface area (Å²) < 4.78 is 0. The summed E-state index contributed by atoms with van der Waals surface area (Å²) in [6, 6.07) is 7.90. The number of hydrogen-bond donors (Lipinski definition) is 0. The molecular weight excluding hydrogens is 207 g/mol. The average Bonchev–Trinajstić information content (AvgIpc) is 2.34. The van der Waals surface area contributed by atoms with Crippen LogP contribution in [0.4, 0.5) is 0 Å². The van der Waals surface area contributed by atoms with E-state index in [-0.39, 0.29) is 0 Å². The molecular formula is C15H23BO. The largest absolute Gasteiger partial charge is 0.294 e. The van der Waals surface area contributed by atoms with Crippen LogP contribution in [-0.2, 0) is 0 Å². The molecule has 0 aliphatic rings. The van der Waals surface area contributed by atoms with Crippen LogP contribution in [0.5, 0.6) is 0 Å². The maximum Gasteiger partial charge on any atom is 0.162 e. The van der Waals surface area contributed by atoms with Crippen LogP contribution in [0, 0.1) is 0 Å². The average molecular weight is 230 g/mol. The first-order valence-electron chi connectivity index (χ1n) is 6.84. The van der Waals surface area contributed by atoms with Crippen molar-refractivity contribution in [2.45, 2.75) is 51.9 Å². The molecule has 0 aliphatic carbocycles. The van der Waals surface area contributed by atoms with E-state index in [1.807, 2.05) is 32.1 Å². The lowest BCUT2D eigenvalue weighted by atomic mass is 9.94. The summed E-state index contributed by atoms with van der Waals surface area (Å²) >= 11 is 0. The minimum absolute atomic E-state index is 0.292. The molecule has 0 bridgehead atoms. The van der Waals surface area contributed by atoms with Gasteiger partial charge in [-0.2, -0.15) is 0 Å². The van der Waals surface area contributed by atoms with Crippen LogP contribution < -0.4 is 5.46 Å². The molecule has 1 rings (SSSR count). The summed E-state index contributed by atoms with van der Waals surface area (Å²) in [6.07, 6.45) is 8.13. The van der Waals surface area contributed by atoms with Crippen molar-refractivity contribution < 1.29 is 4.79 Å². The molecule has 1 aromatic carbocycles. The van der Waals surface area contributed by atoms with Gasteiger partial charge < -0.3 is 0 Å². The highest BCUT2D eigenvalue weighted by Gasteiger charge is 2.04. The zero-order valence-corrected chi connectivity index (χ0v) is 11.2. The normalized spacial score (nSPS) is 10.4. The fourth-order valence-electron chi connectivity index (χ4n) is 1.95. The molecule has 0 spiro atoms. The lowest BCUT2D eigenvalue weighted by Crippen LogP contribution is -2.04. The molecule has 0 N–H and O–H groups in total. The Morgan fingerprint density at radius 3 is 2.24 bits per heavy atom. The van der Waals surface area contributed by atoms with Crippen LogP contribution in [0.25, 0.3) is 0 Å². The Hall–Kier alpha value is -1.05. The first-order chi connectivity index (χ1) is 8.24. The number of carbonyl (C=O) groups is 1. The Labute approximate surface area is 106 Å². The van der Waals surface area contributed by atoms with E-state index in [2.05, 4.69) is 6.92 Å². The molecule has 2 heteroatoms. The van der Waals surface area contributed by atoms with E-state index in [0.717, 1.165) is 12.0 Å². The van der Waals surface area contributed by atoms with Gasteiger partial charge in [0.25, 0.3) is 0 Å². The third kappa shape index (κ3) is 5.72. The maximum atomic E-state index is 11.8. The molecule has 17 heavy (non-hydrogen) atoms. The highest BCUT2D eigenvalue weighted by atomic mass is 16.1. The Morgan fingerprint density at radius 2 is 1.59 bits per heavy atom. The third-order valence-electron chi connectivity index (χ3n) is 3.13. The Morgan fingerprint density at radius 1 is 1.00 bits per heavy atom. The molecule has 0 aliphatic heterocycles. The van der Waals surface area contributed by atoms with Gasteiger partial charge >= 0.3 is 0 Å². The fraction of sp³-hybridized carbons (Fsp3) is 0.533. The lowest BCUT2D eigenvalue weighted by Gasteiger charge is -2.02. The maximum absolute atomic E-state index is 11.8. The van der Waals surface area contributed by atoms with Crippen LogP contribution in [0.1, 0.15) is 62.2 Å². The van der Waals surface area contributed by atoms with Crippen molar-refractivity contribution in [2.24, 2.45) is 0 Å². The van der Waals surface area contributed by atoms with Gasteiger partial charge in [-0.1, -0.05) is 68.8 Å². The predicted molar refractivity (Wildman–Crippen MR) is 76.9 cm³/mol. The van der Waals surface area contributed by atoms with E-state index in [4.69, 9.17) is 0 Å². The number of carbonyl (C=O) groups excluding carboxylic acids is 1. The highest BCUT2D eigenvalue weighted by molar-refractivity contribution is 6.32. The second-order valence-corrected chi connectivity index (χ2v) is 4.81. The minimum Gasteiger partial charge on any atom is -0.294 e. The molecule has 0 saturated heterocycles. The van der Waals surface area contributed by atoms with E-state index in [1.54, 1.807) is 0 Å². The number of benzene rings is 1. The monoisotopic (exact) mass is 230 g/mol. The summed E-state index contributed by atoms with van der Waals surface area (Å²) in [6.45, 7) is 2.22. The van der Waals surface area contributed by atoms with Crippen molar-refractivity contribution >= 4 is 19.1 Å². The quantitative estimate of drug-likeness (QED) is 0.381. The Balaban J connectivity index is 2.19. The van der Waals surface area contributed by atoms with Crippen LogP contribution >= 0.6 is 0 Å². The first kappa shape index (κ1) is 14.0. The summed E-state index contributed by atoms with van der Waals surface area (Å²) in [5.41, 5.74) is 2.07. The predicted octanol–water partition coefficient (Wildman–Crippen LogP) is 2.88. The topological polar surface area (TPSA) is 17.1 Å². The molecule has 0 heterocycles. The molecule has 0 unspecified atom stereocenters. The van der Waals surface area contributed by atoms with Crippen LogP contribution in [0.3, 0.4) is 0 Å². The van der Waals surface area contributed by atoms with Gasteiger partial charge in [-0.15, -0.1) is 0 Å². The molecule has 0 aromatic heterocycles. The van der Waals surface area contributed by atoms with Crippen molar-refractivity contribution in [1.29, 1.82) is 0 Å². The molecule has 0 amide bonds. The second kappa shape index (κ2) is 8.11. The highest BCUT2D eigenvalue weighted by Crippen LogP contribution is 2.10. The zero-order valence-electron chi connectivity index (χ0n) is 11.2. The molecule has 0 radical (unpaired) electrons. The van der Waals surface area contributed by atoms with Gasteiger partial charge in [0, 0.05) is 12.0 Å². The third-order valence-corrected chi connectivity index (χ3v) is 3.13. The van der Waals surface area contributed by atoms with E-state index >= 15 is 0 Å². The molecule has 0 fully saturated rings. The zero-order chi connectivity index (χ0) is 12.5. The van der Waals surface area contributed by atoms with E-state index < -0.39 is 0 Å². The van der Waals surface area contributed by atoms with E-state index in [0.29, 0.717) is 12.2 Å². The molecule has 92 valence electrons. The van der Waals surface area contributed by atoms with Crippen molar-refractivity contribution in [3.8, 4) is 0 Å². The summed E-state index contributed by atoms with van der Waals surface area (Å²) in [5, 5.41) is 0. The summed E-state index contributed by atoms with van der Waals surface area (Å²) in [4.78, 5) is 11.8. The molecule has 0 saturated carbocycles. The first-order valence-corrected chi connectivity index (χ1v) is 6.84. The smallest absolute Gasteiger partial charge is 0.162 e. The van der Waals surface area contributed by atoms with Crippen molar-refractivity contribution in [3.63, 3.8) is 0 Å². The number of unbranched alkanes of at least 4 members (excludes halogenated alkanes) is 5. The SMILES string of the molecule is Bc1ccc(C(=O)CCCCCCCC)cc1. The molecule has 1 nitrogen and oxygen atoms in total. The fourth-order valence-corrected chi connectivity index (χ4v) is 1.95. The van der Waals surface area contributed by atoms with Crippen LogP contribution in [0.2, 0.25) is 0 Å². The van der Waals surface area contributed by atoms with Gasteiger partial charge in [0.15, 0.2) is 5.78 Å². The Kier molecular flexibility index (Phi) is 6.68. The number of ketones is 1. The van der Waals surface area contributed by atoms with E-state index in [1.165, 1.54) is 37.6 Å². The summed E-state index contributed by atoms with van der Waals surface area (Å²) in [7, 11) is 2.04. The van der Waals surface area contributed by atoms with Crippen LogP contribution in [-0.4, -0.2) is 13.6 Å². The molecule has 0 atom stereocenters. The van der Waals surface area contributed by atoms with Gasteiger partial charge in [-0.25, -0.2) is 0 Å². The van der Waals surface area contributed by atoms with Crippen molar-refractivity contribution in [2.75, 3.05) is 0 Å². The number of Topliss-reactive ketones (excluding diaryl/α,β-unsaturated/α-hetero) is 1. The standard InChI is InChI=1S/C15H23BO/c1-2-3-4-5-6-7-8-15(17)13-9-11-14(16)12-10-13/h9-12H,2-8,16H2,1H3. The summed E-state index contributed by atoms with van der Waals surface area (Å²) in [5.74, 6) is 0.292. The Bertz CT molecular complexity index is 329. The van der Waals surface area contributed by atoms with Crippen molar-refractivity contribution in [1.82, 2.24) is 0 Å². The molecule has 1 aromatic rings. The van der Waals surface area contributed by atoms with Gasteiger partial charge in [0.1, 0.15) is 7.85 Å². The lowest BCUT2D eigenvalue weighted by molar-refractivity contribution is 0.0979. The van der Waals surface area contributed by atoms with E-state index in [9.17, 15) is 4.79 Å². The van der Waals surface area contributed by atoms with Gasteiger partial charge in [0.2, 0.25) is 0 Å². The second-order valence-electron chi connectivity index (χ2n) is 4.81. The van der Waals surface area contributed by atoms with Crippen molar-refractivity contribution in [3.05, 3.63) is 29.8 Å². The minimum atomic E-state index is 0.292. The van der Waals surface area contributed by atoms with Gasteiger partial charge in [-0.3, -0.25) is 4.79 Å². The van der Waals surface area contributed by atoms with Gasteiger partial charge in [-0.05, 0) is 6.42 Å². The number of rotatable bonds is 8. The van der Waals surface area contributed by atoms with Gasteiger partial charge in [0.05, 0.1) is 0 Å². The van der Waals surface area contributed by atoms with Crippen LogP contribution in [0.15, 0.2) is 24.3 Å².